The van der Waals surface area contributed by atoms with Crippen molar-refractivity contribution in [3.63, 3.8) is 0 Å². The first-order chi connectivity index (χ1) is 13.6. The molecule has 1 spiro atoms. The summed E-state index contributed by atoms with van der Waals surface area (Å²) in [6.07, 6.45) is 1.57. The molecule has 0 aliphatic carbocycles. The maximum Gasteiger partial charge on any atom is 0.339 e. The fourth-order valence-corrected chi connectivity index (χ4v) is 5.98. The third-order valence-electron chi connectivity index (χ3n) is 5.33. The van der Waals surface area contributed by atoms with Crippen molar-refractivity contribution in [2.75, 3.05) is 18.8 Å². The molecule has 2 aromatic carbocycles. The van der Waals surface area contributed by atoms with Gasteiger partial charge in [0.15, 0.2) is 9.94 Å². The SMILES string of the molecule is O=C1OC2(CCCN(C(=O)CSc3nc4ccccc4s3)C2)c2ccccc21. The van der Waals surface area contributed by atoms with Crippen LogP contribution in [0.2, 0.25) is 0 Å². The quantitative estimate of drug-likeness (QED) is 0.481. The van der Waals surface area contributed by atoms with E-state index in [0.29, 0.717) is 24.4 Å². The van der Waals surface area contributed by atoms with E-state index in [9.17, 15) is 9.59 Å². The number of esters is 1. The molecular formula is C21H18N2O3S2. The average Bonchev–Trinajstić information content (AvgIpc) is 3.25. The molecule has 142 valence electrons. The molecule has 1 saturated heterocycles. The molecule has 0 saturated carbocycles. The third kappa shape index (κ3) is 2.99. The average molecular weight is 411 g/mol. The maximum absolute atomic E-state index is 12.9. The number of ether oxygens (including phenoxy) is 1. The number of hydrogen-bond acceptors (Lipinski definition) is 6. The molecule has 1 atom stereocenters. The Bertz CT molecular complexity index is 1050. The Kier molecular flexibility index (Phi) is 4.36. The second kappa shape index (κ2) is 6.90. The molecular weight excluding hydrogens is 392 g/mol. The molecule has 28 heavy (non-hydrogen) atoms. The van der Waals surface area contributed by atoms with Gasteiger partial charge in [-0.2, -0.15) is 0 Å². The first-order valence-electron chi connectivity index (χ1n) is 9.24. The van der Waals surface area contributed by atoms with Crippen molar-refractivity contribution in [1.29, 1.82) is 0 Å². The third-order valence-corrected chi connectivity index (χ3v) is 7.49. The van der Waals surface area contributed by atoms with Crippen LogP contribution in [-0.2, 0) is 15.1 Å². The fourth-order valence-electron chi connectivity index (χ4n) is 4.01. The van der Waals surface area contributed by atoms with Crippen LogP contribution in [-0.4, -0.2) is 40.6 Å². The van der Waals surface area contributed by atoms with Crippen LogP contribution in [0.15, 0.2) is 52.9 Å². The lowest BCUT2D eigenvalue weighted by Crippen LogP contribution is -2.49. The van der Waals surface area contributed by atoms with E-state index in [-0.39, 0.29) is 11.9 Å². The lowest BCUT2D eigenvalue weighted by atomic mass is 9.85. The Labute approximate surface area is 170 Å². The minimum Gasteiger partial charge on any atom is -0.449 e. The molecule has 0 radical (unpaired) electrons. The van der Waals surface area contributed by atoms with Gasteiger partial charge in [-0.3, -0.25) is 4.79 Å². The van der Waals surface area contributed by atoms with Crippen molar-refractivity contribution in [2.24, 2.45) is 0 Å². The van der Waals surface area contributed by atoms with E-state index in [2.05, 4.69) is 4.98 Å². The number of para-hydroxylation sites is 1. The highest BCUT2D eigenvalue weighted by Gasteiger charge is 2.48. The van der Waals surface area contributed by atoms with E-state index in [4.69, 9.17) is 4.74 Å². The van der Waals surface area contributed by atoms with Crippen LogP contribution in [0.5, 0.6) is 0 Å². The minimum atomic E-state index is -0.692. The number of rotatable bonds is 3. The van der Waals surface area contributed by atoms with Crippen LogP contribution < -0.4 is 0 Å². The summed E-state index contributed by atoms with van der Waals surface area (Å²) in [5.41, 5.74) is 1.81. The highest BCUT2D eigenvalue weighted by atomic mass is 32.2. The number of carbonyl (C=O) groups excluding carboxylic acids is 2. The molecule has 5 nitrogen and oxygen atoms in total. The summed E-state index contributed by atoms with van der Waals surface area (Å²) in [5.74, 6) is 0.114. The number of thiazole rings is 1. The molecule has 0 N–H and O–H groups in total. The Morgan fingerprint density at radius 1 is 1.21 bits per heavy atom. The molecule has 1 aromatic heterocycles. The van der Waals surface area contributed by atoms with Crippen molar-refractivity contribution in [1.82, 2.24) is 9.88 Å². The topological polar surface area (TPSA) is 59.5 Å². The summed E-state index contributed by atoms with van der Waals surface area (Å²) in [5, 5.41) is 0. The van der Waals surface area contributed by atoms with Crippen LogP contribution in [0.4, 0.5) is 0 Å². The van der Waals surface area contributed by atoms with E-state index < -0.39 is 5.60 Å². The van der Waals surface area contributed by atoms with Gasteiger partial charge in [0.25, 0.3) is 0 Å². The molecule has 3 aromatic rings. The minimum absolute atomic E-state index is 0.0590. The second-order valence-corrected chi connectivity index (χ2v) is 9.34. The summed E-state index contributed by atoms with van der Waals surface area (Å²) in [6, 6.07) is 15.5. The normalized spacial score (nSPS) is 21.1. The van der Waals surface area contributed by atoms with Gasteiger partial charge in [0.05, 0.1) is 28.1 Å². The Balaban J connectivity index is 1.30. The van der Waals surface area contributed by atoms with E-state index >= 15 is 0 Å². The predicted octanol–water partition coefficient (Wildman–Crippen LogP) is 4.08. The first-order valence-corrected chi connectivity index (χ1v) is 11.0. The maximum atomic E-state index is 12.9. The number of fused-ring (bicyclic) bond motifs is 3. The van der Waals surface area contributed by atoms with Crippen LogP contribution in [0.25, 0.3) is 10.2 Å². The van der Waals surface area contributed by atoms with Gasteiger partial charge in [-0.25, -0.2) is 9.78 Å². The van der Waals surface area contributed by atoms with Crippen molar-refractivity contribution in [2.45, 2.75) is 22.8 Å². The number of benzene rings is 2. The number of likely N-dealkylation sites (tertiary alicyclic amines) is 1. The van der Waals surface area contributed by atoms with Gasteiger partial charge in [-0.05, 0) is 31.0 Å². The van der Waals surface area contributed by atoms with Crippen LogP contribution >= 0.6 is 23.1 Å². The second-order valence-electron chi connectivity index (χ2n) is 7.08. The van der Waals surface area contributed by atoms with Gasteiger partial charge in [-0.1, -0.05) is 42.1 Å². The molecule has 1 fully saturated rings. The summed E-state index contributed by atoms with van der Waals surface area (Å²) in [7, 11) is 0. The molecule has 3 heterocycles. The zero-order chi connectivity index (χ0) is 19.1. The van der Waals surface area contributed by atoms with Crippen molar-refractivity contribution in [3.8, 4) is 0 Å². The summed E-state index contributed by atoms with van der Waals surface area (Å²) < 4.78 is 7.82. The zero-order valence-electron chi connectivity index (χ0n) is 15.1. The lowest BCUT2D eigenvalue weighted by molar-refractivity contribution is -0.135. The van der Waals surface area contributed by atoms with E-state index in [1.807, 2.05) is 47.4 Å². The molecule has 0 bridgehead atoms. The van der Waals surface area contributed by atoms with Crippen molar-refractivity contribution < 1.29 is 14.3 Å². The number of hydrogen-bond donors (Lipinski definition) is 0. The first kappa shape index (κ1) is 17.7. The summed E-state index contributed by atoms with van der Waals surface area (Å²) in [6.45, 7) is 1.12. The molecule has 2 aliphatic rings. The molecule has 5 rings (SSSR count). The molecule has 1 unspecified atom stereocenters. The highest BCUT2D eigenvalue weighted by Crippen LogP contribution is 2.43. The number of aromatic nitrogens is 1. The number of nitrogens with zero attached hydrogens (tertiary/aromatic N) is 2. The Hall–Kier alpha value is -2.38. The predicted molar refractivity (Wildman–Crippen MR) is 110 cm³/mol. The fraction of sp³-hybridized carbons (Fsp3) is 0.286. The van der Waals surface area contributed by atoms with Crippen LogP contribution in [0, 0.1) is 0 Å². The summed E-state index contributed by atoms with van der Waals surface area (Å²) in [4.78, 5) is 31.6. The number of carbonyl (C=O) groups is 2. The zero-order valence-corrected chi connectivity index (χ0v) is 16.7. The van der Waals surface area contributed by atoms with Crippen LogP contribution in [0.3, 0.4) is 0 Å². The van der Waals surface area contributed by atoms with Gasteiger partial charge >= 0.3 is 5.97 Å². The van der Waals surface area contributed by atoms with E-state index in [1.165, 1.54) is 11.8 Å². The van der Waals surface area contributed by atoms with Gasteiger partial charge in [0, 0.05) is 12.1 Å². The molecule has 1 amide bonds. The Morgan fingerprint density at radius 3 is 2.93 bits per heavy atom. The smallest absolute Gasteiger partial charge is 0.339 e. The molecule has 2 aliphatic heterocycles. The number of piperidine rings is 1. The number of thioether (sulfide) groups is 1. The largest absolute Gasteiger partial charge is 0.449 e. The van der Waals surface area contributed by atoms with E-state index in [1.54, 1.807) is 17.4 Å². The summed E-state index contributed by atoms with van der Waals surface area (Å²) >= 11 is 3.08. The van der Waals surface area contributed by atoms with Gasteiger partial charge in [-0.15, -0.1) is 11.3 Å². The molecule has 7 heteroatoms. The highest BCUT2D eigenvalue weighted by molar-refractivity contribution is 8.01. The Morgan fingerprint density at radius 2 is 2.04 bits per heavy atom. The standard InChI is InChI=1S/C21H18N2O3S2/c24-18(12-27-20-22-16-8-3-4-9-17(16)28-20)23-11-5-10-21(13-23)15-7-2-1-6-14(15)19(25)26-21/h1-4,6-9H,5,10-13H2. The lowest BCUT2D eigenvalue weighted by Gasteiger charge is -2.39. The van der Waals surface area contributed by atoms with Crippen molar-refractivity contribution >= 4 is 45.2 Å². The van der Waals surface area contributed by atoms with Gasteiger partial charge < -0.3 is 9.64 Å². The number of amides is 1. The van der Waals surface area contributed by atoms with Gasteiger partial charge in [0.2, 0.25) is 5.91 Å². The van der Waals surface area contributed by atoms with Crippen molar-refractivity contribution in [3.05, 3.63) is 59.7 Å². The monoisotopic (exact) mass is 410 g/mol. The van der Waals surface area contributed by atoms with Gasteiger partial charge in [0.1, 0.15) is 0 Å². The van der Waals surface area contributed by atoms with E-state index in [0.717, 1.165) is 33.0 Å². The van der Waals surface area contributed by atoms with Crippen LogP contribution in [0.1, 0.15) is 28.8 Å².